The Morgan fingerprint density at radius 1 is 1.22 bits per heavy atom. The van der Waals surface area contributed by atoms with Crippen molar-refractivity contribution in [1.82, 2.24) is 5.16 Å². The third kappa shape index (κ3) is 2.92. The van der Waals surface area contributed by atoms with Gasteiger partial charge in [-0.2, -0.15) is 0 Å². The predicted octanol–water partition coefficient (Wildman–Crippen LogP) is 3.94. The number of aromatic nitrogens is 1. The quantitative estimate of drug-likeness (QED) is 0.821. The van der Waals surface area contributed by atoms with Gasteiger partial charge in [0.1, 0.15) is 5.75 Å². The van der Waals surface area contributed by atoms with E-state index in [1.165, 1.54) is 0 Å². The van der Waals surface area contributed by atoms with Crippen LogP contribution in [0.25, 0.3) is 11.3 Å². The minimum Gasteiger partial charge on any atom is -0.496 e. The SMILES string of the molecule is COc1ccccc1-c1cc(CC(C)(C)C)no1. The van der Waals surface area contributed by atoms with Crippen LogP contribution in [0.15, 0.2) is 34.9 Å². The van der Waals surface area contributed by atoms with Gasteiger partial charge in [-0.25, -0.2) is 0 Å². The number of methoxy groups -OCH3 is 1. The van der Waals surface area contributed by atoms with E-state index in [1.807, 2.05) is 30.3 Å². The van der Waals surface area contributed by atoms with Gasteiger partial charge in [0, 0.05) is 6.07 Å². The number of hydrogen-bond donors (Lipinski definition) is 0. The molecule has 0 aliphatic rings. The lowest BCUT2D eigenvalue weighted by atomic mass is 9.90. The van der Waals surface area contributed by atoms with Crippen LogP contribution in [0.5, 0.6) is 5.75 Å². The summed E-state index contributed by atoms with van der Waals surface area (Å²) in [6.07, 6.45) is 0.894. The van der Waals surface area contributed by atoms with Crippen LogP contribution in [0, 0.1) is 5.41 Å². The first-order valence-corrected chi connectivity index (χ1v) is 6.08. The van der Waals surface area contributed by atoms with Crippen molar-refractivity contribution in [2.75, 3.05) is 7.11 Å². The van der Waals surface area contributed by atoms with E-state index in [0.29, 0.717) is 0 Å². The molecule has 0 amide bonds. The zero-order valence-corrected chi connectivity index (χ0v) is 11.4. The Morgan fingerprint density at radius 3 is 2.61 bits per heavy atom. The summed E-state index contributed by atoms with van der Waals surface area (Å²) in [5, 5.41) is 4.12. The lowest BCUT2D eigenvalue weighted by Gasteiger charge is -2.14. The molecule has 18 heavy (non-hydrogen) atoms. The van der Waals surface area contributed by atoms with Crippen LogP contribution >= 0.6 is 0 Å². The van der Waals surface area contributed by atoms with E-state index in [-0.39, 0.29) is 5.41 Å². The summed E-state index contributed by atoms with van der Waals surface area (Å²) in [6.45, 7) is 6.55. The second-order valence-electron chi connectivity index (χ2n) is 5.62. The third-order valence-corrected chi connectivity index (χ3v) is 2.64. The Bertz CT molecular complexity index is 523. The Balaban J connectivity index is 2.29. The Kier molecular flexibility index (Phi) is 3.41. The van der Waals surface area contributed by atoms with Gasteiger partial charge in [0.15, 0.2) is 5.76 Å². The van der Waals surface area contributed by atoms with Crippen LogP contribution in [-0.2, 0) is 6.42 Å². The van der Waals surface area contributed by atoms with E-state index in [4.69, 9.17) is 9.26 Å². The highest BCUT2D eigenvalue weighted by atomic mass is 16.5. The maximum absolute atomic E-state index is 5.41. The molecule has 1 heterocycles. The molecule has 96 valence electrons. The number of para-hydroxylation sites is 1. The zero-order chi connectivity index (χ0) is 13.2. The topological polar surface area (TPSA) is 35.3 Å². The van der Waals surface area contributed by atoms with Gasteiger partial charge in [0.2, 0.25) is 0 Å². The zero-order valence-electron chi connectivity index (χ0n) is 11.4. The molecule has 2 rings (SSSR count). The van der Waals surface area contributed by atoms with Crippen LogP contribution < -0.4 is 4.74 Å². The summed E-state index contributed by atoms with van der Waals surface area (Å²) in [5.41, 5.74) is 2.12. The van der Waals surface area contributed by atoms with Crippen LogP contribution in [0.4, 0.5) is 0 Å². The normalized spacial score (nSPS) is 11.6. The number of rotatable bonds is 3. The Morgan fingerprint density at radius 2 is 1.94 bits per heavy atom. The van der Waals surface area contributed by atoms with Crippen molar-refractivity contribution in [3.8, 4) is 17.1 Å². The fraction of sp³-hybridized carbons (Fsp3) is 0.400. The van der Waals surface area contributed by atoms with E-state index >= 15 is 0 Å². The van der Waals surface area contributed by atoms with Crippen molar-refractivity contribution in [3.05, 3.63) is 36.0 Å². The predicted molar refractivity (Wildman–Crippen MR) is 71.7 cm³/mol. The second-order valence-corrected chi connectivity index (χ2v) is 5.62. The monoisotopic (exact) mass is 245 g/mol. The maximum Gasteiger partial charge on any atom is 0.170 e. The smallest absolute Gasteiger partial charge is 0.170 e. The lowest BCUT2D eigenvalue weighted by Crippen LogP contribution is -2.09. The minimum absolute atomic E-state index is 0.203. The first kappa shape index (κ1) is 12.7. The van der Waals surface area contributed by atoms with Gasteiger partial charge in [-0.15, -0.1) is 0 Å². The molecule has 0 atom stereocenters. The fourth-order valence-corrected chi connectivity index (χ4v) is 1.91. The summed E-state index contributed by atoms with van der Waals surface area (Å²) in [5.74, 6) is 1.56. The van der Waals surface area contributed by atoms with Crippen LogP contribution in [-0.4, -0.2) is 12.3 Å². The van der Waals surface area contributed by atoms with Gasteiger partial charge in [-0.3, -0.25) is 0 Å². The summed E-state index contributed by atoms with van der Waals surface area (Å²) >= 11 is 0. The first-order chi connectivity index (χ1) is 8.49. The third-order valence-electron chi connectivity index (χ3n) is 2.64. The van der Waals surface area contributed by atoms with Crippen molar-refractivity contribution in [2.45, 2.75) is 27.2 Å². The number of hydrogen-bond acceptors (Lipinski definition) is 3. The summed E-state index contributed by atoms with van der Waals surface area (Å²) < 4.78 is 10.7. The highest BCUT2D eigenvalue weighted by Crippen LogP contribution is 2.31. The molecule has 0 bridgehead atoms. The van der Waals surface area contributed by atoms with Crippen molar-refractivity contribution in [1.29, 1.82) is 0 Å². The molecular weight excluding hydrogens is 226 g/mol. The number of nitrogens with zero attached hydrogens (tertiary/aromatic N) is 1. The first-order valence-electron chi connectivity index (χ1n) is 6.08. The molecule has 0 unspecified atom stereocenters. The largest absolute Gasteiger partial charge is 0.496 e. The Hall–Kier alpha value is -1.77. The van der Waals surface area contributed by atoms with Crippen molar-refractivity contribution in [2.24, 2.45) is 5.41 Å². The molecule has 0 aliphatic carbocycles. The number of benzene rings is 1. The molecule has 0 spiro atoms. The highest BCUT2D eigenvalue weighted by molar-refractivity contribution is 5.65. The van der Waals surface area contributed by atoms with Gasteiger partial charge in [-0.1, -0.05) is 38.1 Å². The van der Waals surface area contributed by atoms with Crippen LogP contribution in [0.2, 0.25) is 0 Å². The van der Waals surface area contributed by atoms with Crippen molar-refractivity contribution in [3.63, 3.8) is 0 Å². The van der Waals surface area contributed by atoms with Crippen molar-refractivity contribution >= 4 is 0 Å². The molecule has 0 aliphatic heterocycles. The van der Waals surface area contributed by atoms with E-state index in [9.17, 15) is 0 Å². The van der Waals surface area contributed by atoms with Gasteiger partial charge >= 0.3 is 0 Å². The van der Waals surface area contributed by atoms with E-state index in [0.717, 1.165) is 29.2 Å². The number of ether oxygens (including phenoxy) is 1. The standard InChI is InChI=1S/C15H19NO2/c1-15(2,3)10-11-9-14(18-16-11)12-7-5-6-8-13(12)17-4/h5-9H,10H2,1-4H3. The molecule has 2 aromatic rings. The molecule has 0 fully saturated rings. The van der Waals surface area contributed by atoms with Crippen molar-refractivity contribution < 1.29 is 9.26 Å². The molecule has 1 aromatic heterocycles. The Labute approximate surface area is 108 Å². The molecular formula is C15H19NO2. The van der Waals surface area contributed by atoms with E-state index < -0.39 is 0 Å². The average molecular weight is 245 g/mol. The fourth-order valence-electron chi connectivity index (χ4n) is 1.91. The maximum atomic E-state index is 5.41. The molecule has 0 saturated heterocycles. The van der Waals surface area contributed by atoms with Gasteiger partial charge in [-0.05, 0) is 24.0 Å². The second kappa shape index (κ2) is 4.84. The van der Waals surface area contributed by atoms with Gasteiger partial charge in [0.25, 0.3) is 0 Å². The molecule has 1 aromatic carbocycles. The van der Waals surface area contributed by atoms with Gasteiger partial charge < -0.3 is 9.26 Å². The summed E-state index contributed by atoms with van der Waals surface area (Å²) in [6, 6.07) is 9.78. The molecule has 0 saturated carbocycles. The highest BCUT2D eigenvalue weighted by Gasteiger charge is 2.16. The average Bonchev–Trinajstić information content (AvgIpc) is 2.75. The summed E-state index contributed by atoms with van der Waals surface area (Å²) in [7, 11) is 1.66. The lowest BCUT2D eigenvalue weighted by molar-refractivity contribution is 0.373. The van der Waals surface area contributed by atoms with E-state index in [2.05, 4.69) is 25.9 Å². The van der Waals surface area contributed by atoms with E-state index in [1.54, 1.807) is 7.11 Å². The molecule has 0 radical (unpaired) electrons. The minimum atomic E-state index is 0.203. The van der Waals surface area contributed by atoms with Gasteiger partial charge in [0.05, 0.1) is 18.4 Å². The molecule has 3 heteroatoms. The molecule has 3 nitrogen and oxygen atoms in total. The van der Waals surface area contributed by atoms with Crippen LogP contribution in [0.3, 0.4) is 0 Å². The van der Waals surface area contributed by atoms with Crippen LogP contribution in [0.1, 0.15) is 26.5 Å². The molecule has 0 N–H and O–H groups in total. The summed E-state index contributed by atoms with van der Waals surface area (Å²) in [4.78, 5) is 0.